The number of nitrogens with two attached hydrogens (primary N) is 1. The fourth-order valence-corrected chi connectivity index (χ4v) is 4.57. The Hall–Kier alpha value is -3.15. The van der Waals surface area contributed by atoms with E-state index in [0.717, 1.165) is 34.1 Å². The summed E-state index contributed by atoms with van der Waals surface area (Å²) in [5.41, 5.74) is 8.14. The molecule has 0 radical (unpaired) electrons. The molecule has 4 rings (SSSR count). The van der Waals surface area contributed by atoms with Crippen molar-refractivity contribution in [1.29, 1.82) is 0 Å². The van der Waals surface area contributed by atoms with E-state index in [2.05, 4.69) is 40.6 Å². The monoisotopic (exact) mass is 549 g/mol. The molecule has 0 unspecified atom stereocenters. The van der Waals surface area contributed by atoms with E-state index in [9.17, 15) is 4.79 Å². The highest BCUT2D eigenvalue weighted by Crippen LogP contribution is 2.36. The minimum atomic E-state index is -0.904. The van der Waals surface area contributed by atoms with Crippen LogP contribution in [-0.4, -0.2) is 10.5 Å². The van der Waals surface area contributed by atoms with E-state index in [1.165, 1.54) is 0 Å². The van der Waals surface area contributed by atoms with Gasteiger partial charge in [-0.2, -0.15) is 0 Å². The number of aryl methyl sites for hydroxylation is 1. The number of hydrogen-bond donors (Lipinski definition) is 1. The van der Waals surface area contributed by atoms with Gasteiger partial charge in [-0.1, -0.05) is 90.5 Å². The fraction of sp³-hybridized carbons (Fsp3) is 0.172. The number of hydrogen-bond acceptors (Lipinski definition) is 1. The lowest BCUT2D eigenvalue weighted by atomic mass is 9.71. The fourth-order valence-electron chi connectivity index (χ4n) is 4.44. The molecule has 1 aromatic heterocycles. The standard InChI is InChI=1S/C29H28ClN3O.BrH/c1-23-32(19-8-9-24-14-16-27(30)17-15-24)21-22-33(23)20-18-29(28(31)34,25-10-4-2-5-11-25)26-12-6-3-7-13-26;/h2-17,21-22H,18-20H2,1H3,(H-,31,34);1H/b9-8+;. The Balaban J connectivity index is 0.00000342. The van der Waals surface area contributed by atoms with Crippen LogP contribution in [-0.2, 0) is 23.3 Å². The lowest BCUT2D eigenvalue weighted by molar-refractivity contribution is -0.692. The molecule has 3 aromatic carbocycles. The van der Waals surface area contributed by atoms with E-state index in [0.29, 0.717) is 13.0 Å². The first kappa shape index (κ1) is 26.5. The molecule has 35 heavy (non-hydrogen) atoms. The average Bonchev–Trinajstić information content (AvgIpc) is 3.21. The van der Waals surface area contributed by atoms with Crippen molar-refractivity contribution in [3.05, 3.63) is 131 Å². The van der Waals surface area contributed by atoms with Crippen molar-refractivity contribution in [2.45, 2.75) is 31.8 Å². The zero-order chi connectivity index (χ0) is 24.0. The van der Waals surface area contributed by atoms with Crippen LogP contribution in [0.25, 0.3) is 6.08 Å². The van der Waals surface area contributed by atoms with Crippen molar-refractivity contribution in [3.63, 3.8) is 0 Å². The minimum absolute atomic E-state index is 0. The van der Waals surface area contributed by atoms with Crippen molar-refractivity contribution < 1.29 is 26.3 Å². The predicted octanol–water partition coefficient (Wildman–Crippen LogP) is 2.32. The molecule has 4 nitrogen and oxygen atoms in total. The van der Waals surface area contributed by atoms with E-state index in [-0.39, 0.29) is 22.9 Å². The Labute approximate surface area is 222 Å². The summed E-state index contributed by atoms with van der Waals surface area (Å²) in [6.07, 6.45) is 8.91. The number of aromatic nitrogens is 2. The molecule has 1 amide bonds. The quantitative estimate of drug-likeness (QED) is 0.320. The second-order valence-corrected chi connectivity index (χ2v) is 8.83. The van der Waals surface area contributed by atoms with Gasteiger partial charge in [-0.05, 0) is 34.9 Å². The zero-order valence-electron chi connectivity index (χ0n) is 19.6. The Bertz CT molecular complexity index is 1230. The number of halogens is 2. The molecule has 0 saturated carbocycles. The topological polar surface area (TPSA) is 51.9 Å². The minimum Gasteiger partial charge on any atom is -1.00 e. The number of allylic oxidation sites excluding steroid dienone is 1. The number of carbonyl (C=O) groups is 1. The van der Waals surface area contributed by atoms with E-state index >= 15 is 0 Å². The van der Waals surface area contributed by atoms with E-state index in [1.807, 2.05) is 84.9 Å². The molecular weight excluding hydrogens is 522 g/mol. The van der Waals surface area contributed by atoms with E-state index in [4.69, 9.17) is 17.3 Å². The van der Waals surface area contributed by atoms with Gasteiger partial charge in [0.15, 0.2) is 0 Å². The summed E-state index contributed by atoms with van der Waals surface area (Å²) in [6, 6.07) is 27.5. The highest BCUT2D eigenvalue weighted by molar-refractivity contribution is 6.30. The number of primary amides is 1. The van der Waals surface area contributed by atoms with Gasteiger partial charge in [0.05, 0.1) is 6.54 Å². The SMILES string of the molecule is Cc1n(CCC(C(N)=O)(c2ccccc2)c2ccccc2)cc[n+]1C/C=C/c1ccc(Cl)cc1.[Br-]. The van der Waals surface area contributed by atoms with Gasteiger partial charge in [0.2, 0.25) is 5.91 Å². The third kappa shape index (κ3) is 5.92. The highest BCUT2D eigenvalue weighted by atomic mass is 79.9. The summed E-state index contributed by atoms with van der Waals surface area (Å²) in [5.74, 6) is 0.772. The van der Waals surface area contributed by atoms with Crippen molar-refractivity contribution >= 4 is 23.6 Å². The van der Waals surface area contributed by atoms with Crippen LogP contribution in [0.1, 0.15) is 28.9 Å². The first-order chi connectivity index (χ1) is 16.5. The molecule has 0 fully saturated rings. The molecule has 180 valence electrons. The number of amides is 1. The predicted molar refractivity (Wildman–Crippen MR) is 137 cm³/mol. The smallest absolute Gasteiger partial charge is 0.253 e. The van der Waals surface area contributed by atoms with Crippen LogP contribution in [0.2, 0.25) is 5.02 Å². The Morgan fingerprint density at radius 2 is 1.54 bits per heavy atom. The van der Waals surface area contributed by atoms with Gasteiger partial charge >= 0.3 is 0 Å². The number of rotatable bonds is 9. The molecule has 0 aliphatic carbocycles. The third-order valence-electron chi connectivity index (χ3n) is 6.42. The normalized spacial score (nSPS) is 11.4. The van der Waals surface area contributed by atoms with Gasteiger partial charge in [-0.25, -0.2) is 9.13 Å². The molecule has 0 bridgehead atoms. The van der Waals surface area contributed by atoms with Crippen LogP contribution in [0.5, 0.6) is 0 Å². The van der Waals surface area contributed by atoms with Crippen LogP contribution in [0, 0.1) is 6.92 Å². The average molecular weight is 551 g/mol. The van der Waals surface area contributed by atoms with Gasteiger partial charge in [0.25, 0.3) is 5.82 Å². The number of carbonyl (C=O) groups excluding carboxylic acids is 1. The van der Waals surface area contributed by atoms with Crippen LogP contribution >= 0.6 is 11.6 Å². The van der Waals surface area contributed by atoms with Crippen LogP contribution < -0.4 is 27.3 Å². The lowest BCUT2D eigenvalue weighted by Crippen LogP contribution is -3.00. The Morgan fingerprint density at radius 1 is 0.971 bits per heavy atom. The molecule has 6 heteroatoms. The van der Waals surface area contributed by atoms with E-state index < -0.39 is 5.41 Å². The summed E-state index contributed by atoms with van der Waals surface area (Å²) >= 11 is 5.96. The molecular formula is C29H29BrClN3O. The second kappa shape index (κ2) is 12.0. The first-order valence-corrected chi connectivity index (χ1v) is 11.8. The summed E-state index contributed by atoms with van der Waals surface area (Å²) in [6.45, 7) is 3.50. The maximum absolute atomic E-state index is 13.0. The summed E-state index contributed by atoms with van der Waals surface area (Å²) in [4.78, 5) is 13.0. The summed E-state index contributed by atoms with van der Waals surface area (Å²) < 4.78 is 4.36. The summed E-state index contributed by atoms with van der Waals surface area (Å²) in [5, 5.41) is 0.734. The van der Waals surface area contributed by atoms with Gasteiger partial charge < -0.3 is 22.7 Å². The number of nitrogens with zero attached hydrogens (tertiary/aromatic N) is 2. The van der Waals surface area contributed by atoms with E-state index in [1.54, 1.807) is 0 Å². The molecule has 0 atom stereocenters. The molecule has 0 saturated heterocycles. The van der Waals surface area contributed by atoms with Gasteiger partial charge in [0, 0.05) is 18.4 Å². The first-order valence-electron chi connectivity index (χ1n) is 11.4. The highest BCUT2D eigenvalue weighted by Gasteiger charge is 2.40. The Kier molecular flexibility index (Phi) is 9.07. The van der Waals surface area contributed by atoms with Crippen molar-refractivity contribution in [1.82, 2.24) is 4.57 Å². The largest absolute Gasteiger partial charge is 1.00 e. The zero-order valence-corrected chi connectivity index (χ0v) is 22.0. The maximum Gasteiger partial charge on any atom is 0.253 e. The molecule has 0 aliphatic rings. The van der Waals surface area contributed by atoms with Gasteiger partial charge in [-0.15, -0.1) is 0 Å². The van der Waals surface area contributed by atoms with Crippen molar-refractivity contribution in [3.8, 4) is 0 Å². The third-order valence-corrected chi connectivity index (χ3v) is 6.67. The number of benzene rings is 3. The molecule has 4 aromatic rings. The van der Waals surface area contributed by atoms with Crippen LogP contribution in [0.3, 0.4) is 0 Å². The van der Waals surface area contributed by atoms with Crippen molar-refractivity contribution in [2.24, 2.45) is 5.73 Å². The summed E-state index contributed by atoms with van der Waals surface area (Å²) in [7, 11) is 0. The van der Waals surface area contributed by atoms with Gasteiger partial charge in [0.1, 0.15) is 24.4 Å². The second-order valence-electron chi connectivity index (χ2n) is 8.40. The maximum atomic E-state index is 13.0. The van der Waals surface area contributed by atoms with Crippen LogP contribution in [0.15, 0.2) is 103 Å². The van der Waals surface area contributed by atoms with Crippen LogP contribution in [0.4, 0.5) is 0 Å². The molecule has 0 aliphatic heterocycles. The molecule has 0 spiro atoms. The lowest BCUT2D eigenvalue weighted by Gasteiger charge is -2.31. The van der Waals surface area contributed by atoms with Crippen molar-refractivity contribution in [2.75, 3.05) is 0 Å². The molecule has 1 heterocycles. The Morgan fingerprint density at radius 3 is 2.09 bits per heavy atom. The number of imidazole rings is 1. The molecule has 2 N–H and O–H groups in total. The van der Waals surface area contributed by atoms with Gasteiger partial charge in [-0.3, -0.25) is 4.79 Å².